The summed E-state index contributed by atoms with van der Waals surface area (Å²) in [5.41, 5.74) is 1.01. The average Bonchev–Trinajstić information content (AvgIpc) is 2.07. The molecule has 0 aliphatic rings. The molecule has 0 saturated heterocycles. The Hall–Kier alpha value is -0.570. The largest absolute Gasteiger partial charge is 0.394 e. The predicted octanol–water partition coefficient (Wildman–Crippen LogP) is 1.59. The van der Waals surface area contributed by atoms with E-state index in [9.17, 15) is 0 Å². The summed E-state index contributed by atoms with van der Waals surface area (Å²) < 4.78 is 0. The van der Waals surface area contributed by atoms with Crippen molar-refractivity contribution in [3.8, 4) is 0 Å². The maximum absolute atomic E-state index is 8.96. The molecule has 0 saturated carbocycles. The second-order valence-corrected chi connectivity index (χ2v) is 3.02. The Bertz CT molecular complexity index is 248. The molecule has 0 aliphatic heterocycles. The Labute approximate surface area is 77.2 Å². The first-order chi connectivity index (χ1) is 5.77. The van der Waals surface area contributed by atoms with E-state index in [1.807, 2.05) is 31.3 Å². The lowest BCUT2D eigenvalue weighted by molar-refractivity contribution is 0.251. The molecule has 12 heavy (non-hydrogen) atoms. The molecule has 0 aromatic heterocycles. The second kappa shape index (κ2) is 4.45. The van der Waals surface area contributed by atoms with Gasteiger partial charge in [-0.3, -0.25) is 0 Å². The number of aliphatic hydroxyl groups is 1. The van der Waals surface area contributed by atoms with Crippen molar-refractivity contribution in [2.45, 2.75) is 6.04 Å². The van der Waals surface area contributed by atoms with E-state index < -0.39 is 0 Å². The van der Waals surface area contributed by atoms with Crippen LogP contribution in [0.15, 0.2) is 24.3 Å². The Morgan fingerprint density at radius 3 is 2.83 bits per heavy atom. The normalized spacial score (nSPS) is 12.9. The number of hydrogen-bond acceptors (Lipinski definition) is 2. The molecule has 0 heterocycles. The van der Waals surface area contributed by atoms with Crippen LogP contribution in [0.3, 0.4) is 0 Å². The third-order valence-corrected chi connectivity index (χ3v) is 2.02. The zero-order chi connectivity index (χ0) is 8.97. The van der Waals surface area contributed by atoms with E-state index in [-0.39, 0.29) is 12.6 Å². The minimum Gasteiger partial charge on any atom is -0.394 e. The SMILES string of the molecule is CNC(CO)c1cccc(Cl)c1. The van der Waals surface area contributed by atoms with Crippen LogP contribution in [-0.2, 0) is 0 Å². The smallest absolute Gasteiger partial charge is 0.0626 e. The fourth-order valence-electron chi connectivity index (χ4n) is 1.09. The molecule has 0 aliphatic carbocycles. The molecule has 1 aromatic carbocycles. The van der Waals surface area contributed by atoms with Crippen LogP contribution in [0, 0.1) is 0 Å². The number of hydrogen-bond donors (Lipinski definition) is 2. The van der Waals surface area contributed by atoms with Gasteiger partial charge in [0, 0.05) is 5.02 Å². The molecule has 1 aromatic rings. The summed E-state index contributed by atoms with van der Waals surface area (Å²) in [6, 6.07) is 7.44. The first-order valence-corrected chi connectivity index (χ1v) is 4.19. The van der Waals surface area contributed by atoms with E-state index >= 15 is 0 Å². The van der Waals surface area contributed by atoms with E-state index in [4.69, 9.17) is 16.7 Å². The molecule has 2 N–H and O–H groups in total. The fraction of sp³-hybridized carbons (Fsp3) is 0.333. The summed E-state index contributed by atoms with van der Waals surface area (Å²) in [6.45, 7) is 0.0802. The summed E-state index contributed by atoms with van der Waals surface area (Å²) >= 11 is 5.79. The molecule has 66 valence electrons. The van der Waals surface area contributed by atoms with E-state index in [0.29, 0.717) is 5.02 Å². The van der Waals surface area contributed by atoms with Gasteiger partial charge >= 0.3 is 0 Å². The second-order valence-electron chi connectivity index (χ2n) is 2.58. The van der Waals surface area contributed by atoms with Crippen molar-refractivity contribution in [3.05, 3.63) is 34.9 Å². The van der Waals surface area contributed by atoms with Crippen LogP contribution in [-0.4, -0.2) is 18.8 Å². The summed E-state index contributed by atoms with van der Waals surface area (Å²) in [5.74, 6) is 0. The lowest BCUT2D eigenvalue weighted by atomic mass is 10.1. The van der Waals surface area contributed by atoms with Crippen LogP contribution >= 0.6 is 11.6 Å². The third kappa shape index (κ3) is 2.21. The van der Waals surface area contributed by atoms with Crippen LogP contribution in [0.2, 0.25) is 5.02 Å². The molecule has 2 nitrogen and oxygen atoms in total. The van der Waals surface area contributed by atoms with Gasteiger partial charge in [-0.05, 0) is 24.7 Å². The van der Waals surface area contributed by atoms with E-state index in [1.165, 1.54) is 0 Å². The summed E-state index contributed by atoms with van der Waals surface area (Å²) in [5, 5.41) is 12.6. The Morgan fingerprint density at radius 1 is 1.58 bits per heavy atom. The van der Waals surface area contributed by atoms with Gasteiger partial charge in [-0.25, -0.2) is 0 Å². The zero-order valence-electron chi connectivity index (χ0n) is 6.92. The van der Waals surface area contributed by atoms with Gasteiger partial charge in [-0.2, -0.15) is 0 Å². The minimum absolute atomic E-state index is 0.0244. The van der Waals surface area contributed by atoms with Crippen molar-refractivity contribution in [1.29, 1.82) is 0 Å². The monoisotopic (exact) mass is 185 g/mol. The maximum Gasteiger partial charge on any atom is 0.0626 e. The molecule has 3 heteroatoms. The molecule has 1 atom stereocenters. The topological polar surface area (TPSA) is 32.3 Å². The molecule has 0 amide bonds. The van der Waals surface area contributed by atoms with Crippen molar-refractivity contribution in [2.75, 3.05) is 13.7 Å². The summed E-state index contributed by atoms with van der Waals surface area (Å²) in [7, 11) is 1.81. The molecule has 0 spiro atoms. The van der Waals surface area contributed by atoms with Gasteiger partial charge in [-0.15, -0.1) is 0 Å². The quantitative estimate of drug-likeness (QED) is 0.750. The van der Waals surface area contributed by atoms with E-state index in [2.05, 4.69) is 5.32 Å². The van der Waals surface area contributed by atoms with Gasteiger partial charge in [0.15, 0.2) is 0 Å². The van der Waals surface area contributed by atoms with Crippen LogP contribution in [0.5, 0.6) is 0 Å². The number of aliphatic hydroxyl groups excluding tert-OH is 1. The number of halogens is 1. The van der Waals surface area contributed by atoms with E-state index in [1.54, 1.807) is 0 Å². The Balaban J connectivity index is 2.85. The van der Waals surface area contributed by atoms with E-state index in [0.717, 1.165) is 5.56 Å². The molecule has 0 bridgehead atoms. The van der Waals surface area contributed by atoms with Gasteiger partial charge in [0.25, 0.3) is 0 Å². The van der Waals surface area contributed by atoms with Crippen molar-refractivity contribution in [2.24, 2.45) is 0 Å². The van der Waals surface area contributed by atoms with Gasteiger partial charge in [0.1, 0.15) is 0 Å². The predicted molar refractivity (Wildman–Crippen MR) is 50.3 cm³/mol. The molecule has 1 rings (SSSR count). The lowest BCUT2D eigenvalue weighted by Crippen LogP contribution is -2.19. The Morgan fingerprint density at radius 2 is 2.33 bits per heavy atom. The molecule has 0 fully saturated rings. The van der Waals surface area contributed by atoms with Crippen LogP contribution in [0.1, 0.15) is 11.6 Å². The van der Waals surface area contributed by atoms with Gasteiger partial charge < -0.3 is 10.4 Å². The van der Waals surface area contributed by atoms with Gasteiger partial charge in [0.2, 0.25) is 0 Å². The lowest BCUT2D eigenvalue weighted by Gasteiger charge is -2.13. The molecular formula is C9H12ClNO. The van der Waals surface area contributed by atoms with Crippen molar-refractivity contribution >= 4 is 11.6 Å². The van der Waals surface area contributed by atoms with Gasteiger partial charge in [0.05, 0.1) is 12.6 Å². The van der Waals surface area contributed by atoms with Gasteiger partial charge in [-0.1, -0.05) is 23.7 Å². The minimum atomic E-state index is -0.0244. The highest BCUT2D eigenvalue weighted by Gasteiger charge is 2.06. The Kier molecular flexibility index (Phi) is 3.53. The summed E-state index contributed by atoms with van der Waals surface area (Å²) in [4.78, 5) is 0. The van der Waals surface area contributed by atoms with Crippen LogP contribution in [0.25, 0.3) is 0 Å². The number of rotatable bonds is 3. The third-order valence-electron chi connectivity index (χ3n) is 1.78. The van der Waals surface area contributed by atoms with Crippen molar-refractivity contribution in [3.63, 3.8) is 0 Å². The van der Waals surface area contributed by atoms with Crippen LogP contribution < -0.4 is 5.32 Å². The number of benzene rings is 1. The first kappa shape index (κ1) is 9.52. The van der Waals surface area contributed by atoms with Crippen molar-refractivity contribution < 1.29 is 5.11 Å². The van der Waals surface area contributed by atoms with Crippen LogP contribution in [0.4, 0.5) is 0 Å². The maximum atomic E-state index is 8.96. The fourth-order valence-corrected chi connectivity index (χ4v) is 1.29. The summed E-state index contributed by atoms with van der Waals surface area (Å²) in [6.07, 6.45) is 0. The number of nitrogens with one attached hydrogen (secondary N) is 1. The highest BCUT2D eigenvalue weighted by Crippen LogP contribution is 2.16. The highest BCUT2D eigenvalue weighted by atomic mass is 35.5. The average molecular weight is 186 g/mol. The van der Waals surface area contributed by atoms with Crippen molar-refractivity contribution in [1.82, 2.24) is 5.32 Å². The molecule has 1 unspecified atom stereocenters. The number of likely N-dealkylation sites (N-methyl/N-ethyl adjacent to an activating group) is 1. The standard InChI is InChI=1S/C9H12ClNO/c1-11-9(6-12)7-3-2-4-8(10)5-7/h2-5,9,11-12H,6H2,1H3. The molecular weight excluding hydrogens is 174 g/mol. The molecule has 0 radical (unpaired) electrons. The zero-order valence-corrected chi connectivity index (χ0v) is 7.67. The first-order valence-electron chi connectivity index (χ1n) is 3.81. The highest BCUT2D eigenvalue weighted by molar-refractivity contribution is 6.30.